The number of rotatable bonds is 3. The summed E-state index contributed by atoms with van der Waals surface area (Å²) in [5.74, 6) is 1.15. The zero-order valence-corrected chi connectivity index (χ0v) is 14.1. The highest BCUT2D eigenvalue weighted by Crippen LogP contribution is 2.36. The first-order valence-electron chi connectivity index (χ1n) is 6.96. The van der Waals surface area contributed by atoms with Crippen molar-refractivity contribution in [3.05, 3.63) is 22.2 Å². The van der Waals surface area contributed by atoms with Crippen molar-refractivity contribution in [3.8, 4) is 11.5 Å². The Morgan fingerprint density at radius 3 is 2.38 bits per heavy atom. The SMILES string of the molecule is COc1cc(C(=O)N2CC[C@H](N)C[C@H]2C)cc(OC)c1Br. The first-order chi connectivity index (χ1) is 9.97. The van der Waals surface area contributed by atoms with Crippen molar-refractivity contribution in [2.24, 2.45) is 5.73 Å². The van der Waals surface area contributed by atoms with Crippen LogP contribution in [0.15, 0.2) is 16.6 Å². The largest absolute Gasteiger partial charge is 0.495 e. The van der Waals surface area contributed by atoms with Crippen molar-refractivity contribution >= 4 is 21.8 Å². The second kappa shape index (κ2) is 6.66. The summed E-state index contributed by atoms with van der Waals surface area (Å²) in [5.41, 5.74) is 6.52. The van der Waals surface area contributed by atoms with Crippen LogP contribution in [0.25, 0.3) is 0 Å². The van der Waals surface area contributed by atoms with E-state index in [1.165, 1.54) is 0 Å². The van der Waals surface area contributed by atoms with Gasteiger partial charge in [0.05, 0.1) is 14.2 Å². The summed E-state index contributed by atoms with van der Waals surface area (Å²) < 4.78 is 11.3. The molecule has 2 rings (SSSR count). The molecule has 1 aliphatic rings. The predicted octanol–water partition coefficient (Wildman–Crippen LogP) is 2.42. The average Bonchev–Trinajstić information content (AvgIpc) is 2.47. The van der Waals surface area contributed by atoms with Crippen molar-refractivity contribution in [3.63, 3.8) is 0 Å². The van der Waals surface area contributed by atoms with Crippen LogP contribution in [0.1, 0.15) is 30.1 Å². The van der Waals surface area contributed by atoms with Crippen LogP contribution in [0.3, 0.4) is 0 Å². The third-order valence-corrected chi connectivity index (χ3v) is 4.65. The van der Waals surface area contributed by atoms with Gasteiger partial charge in [0, 0.05) is 24.2 Å². The van der Waals surface area contributed by atoms with Crippen molar-refractivity contribution in [2.45, 2.75) is 31.8 Å². The fourth-order valence-corrected chi connectivity index (χ4v) is 3.22. The van der Waals surface area contributed by atoms with Gasteiger partial charge in [0.1, 0.15) is 16.0 Å². The van der Waals surface area contributed by atoms with E-state index in [-0.39, 0.29) is 18.0 Å². The number of piperidine rings is 1. The molecule has 0 radical (unpaired) electrons. The van der Waals surface area contributed by atoms with E-state index in [0.29, 0.717) is 28.1 Å². The number of carbonyl (C=O) groups excluding carboxylic acids is 1. The minimum atomic E-state index is -0.0153. The van der Waals surface area contributed by atoms with Gasteiger partial charge in [-0.05, 0) is 47.8 Å². The molecule has 21 heavy (non-hydrogen) atoms. The Hall–Kier alpha value is -1.27. The zero-order chi connectivity index (χ0) is 15.6. The molecule has 0 unspecified atom stereocenters. The van der Waals surface area contributed by atoms with Crippen molar-refractivity contribution in [1.82, 2.24) is 4.90 Å². The van der Waals surface area contributed by atoms with Gasteiger partial charge >= 0.3 is 0 Å². The topological polar surface area (TPSA) is 64.8 Å². The summed E-state index contributed by atoms with van der Waals surface area (Å²) in [6.07, 6.45) is 1.66. The molecular weight excluding hydrogens is 336 g/mol. The van der Waals surface area contributed by atoms with Gasteiger partial charge in [-0.15, -0.1) is 0 Å². The number of ether oxygens (including phenoxy) is 2. The number of methoxy groups -OCH3 is 2. The average molecular weight is 357 g/mol. The molecule has 1 saturated heterocycles. The first-order valence-corrected chi connectivity index (χ1v) is 7.75. The van der Waals surface area contributed by atoms with Gasteiger partial charge in [-0.2, -0.15) is 0 Å². The molecule has 0 saturated carbocycles. The number of hydrogen-bond acceptors (Lipinski definition) is 4. The van der Waals surface area contributed by atoms with Gasteiger partial charge in [0.25, 0.3) is 5.91 Å². The second-order valence-electron chi connectivity index (χ2n) is 5.33. The Labute approximate surface area is 133 Å². The maximum Gasteiger partial charge on any atom is 0.254 e. The Bertz CT molecular complexity index is 511. The Balaban J connectivity index is 2.30. The highest BCUT2D eigenvalue weighted by atomic mass is 79.9. The van der Waals surface area contributed by atoms with Crippen molar-refractivity contribution in [2.75, 3.05) is 20.8 Å². The molecule has 5 nitrogen and oxygen atoms in total. The molecule has 1 amide bonds. The van der Waals surface area contributed by atoms with Crippen molar-refractivity contribution in [1.29, 1.82) is 0 Å². The third-order valence-electron chi connectivity index (χ3n) is 3.87. The smallest absolute Gasteiger partial charge is 0.254 e. The molecular formula is C15H21BrN2O3. The van der Waals surface area contributed by atoms with Crippen LogP contribution in [0, 0.1) is 0 Å². The molecule has 6 heteroatoms. The van der Waals surface area contributed by atoms with E-state index in [1.54, 1.807) is 26.4 Å². The van der Waals surface area contributed by atoms with Gasteiger partial charge in [0.2, 0.25) is 0 Å². The summed E-state index contributed by atoms with van der Waals surface area (Å²) in [6, 6.07) is 3.78. The molecule has 0 aliphatic carbocycles. The van der Waals surface area contributed by atoms with Gasteiger partial charge in [-0.1, -0.05) is 0 Å². The van der Waals surface area contributed by atoms with Crippen molar-refractivity contribution < 1.29 is 14.3 Å². The van der Waals surface area contributed by atoms with Crippen LogP contribution in [-0.4, -0.2) is 43.7 Å². The molecule has 0 spiro atoms. The monoisotopic (exact) mass is 356 g/mol. The summed E-state index contributed by atoms with van der Waals surface area (Å²) in [6.45, 7) is 2.71. The summed E-state index contributed by atoms with van der Waals surface area (Å²) in [4.78, 5) is 14.6. The normalized spacial score (nSPS) is 22.0. The minimum Gasteiger partial charge on any atom is -0.495 e. The van der Waals surface area contributed by atoms with Gasteiger partial charge in [0.15, 0.2) is 0 Å². The van der Waals surface area contributed by atoms with Crippen LogP contribution in [0.5, 0.6) is 11.5 Å². The Kier molecular flexibility index (Phi) is 5.11. The van der Waals surface area contributed by atoms with E-state index in [1.807, 2.05) is 11.8 Å². The van der Waals surface area contributed by atoms with Crippen LogP contribution in [0.4, 0.5) is 0 Å². The van der Waals surface area contributed by atoms with Crippen LogP contribution < -0.4 is 15.2 Å². The van der Waals surface area contributed by atoms with Crippen LogP contribution in [0.2, 0.25) is 0 Å². The fourth-order valence-electron chi connectivity index (χ4n) is 2.67. The van der Waals surface area contributed by atoms with E-state index < -0.39 is 0 Å². The van der Waals surface area contributed by atoms with Gasteiger partial charge < -0.3 is 20.1 Å². The molecule has 0 aromatic heterocycles. The predicted molar refractivity (Wildman–Crippen MR) is 85.0 cm³/mol. The highest BCUT2D eigenvalue weighted by Gasteiger charge is 2.28. The first kappa shape index (κ1) is 16.1. The fraction of sp³-hybridized carbons (Fsp3) is 0.533. The number of benzene rings is 1. The highest BCUT2D eigenvalue weighted by molar-refractivity contribution is 9.10. The lowest BCUT2D eigenvalue weighted by molar-refractivity contribution is 0.0618. The van der Waals surface area contributed by atoms with E-state index in [4.69, 9.17) is 15.2 Å². The molecule has 1 fully saturated rings. The summed E-state index contributed by atoms with van der Waals surface area (Å²) in [5, 5.41) is 0. The number of halogens is 1. The number of amides is 1. The Morgan fingerprint density at radius 1 is 1.33 bits per heavy atom. The lowest BCUT2D eigenvalue weighted by atomic mass is 9.98. The van der Waals surface area contributed by atoms with E-state index in [0.717, 1.165) is 12.8 Å². The molecule has 1 aromatic rings. The number of likely N-dealkylation sites (tertiary alicyclic amines) is 1. The number of hydrogen-bond donors (Lipinski definition) is 1. The van der Waals surface area contributed by atoms with E-state index >= 15 is 0 Å². The van der Waals surface area contributed by atoms with Gasteiger partial charge in [-0.3, -0.25) is 4.79 Å². The molecule has 116 valence electrons. The van der Waals surface area contributed by atoms with E-state index in [9.17, 15) is 4.79 Å². The molecule has 2 atom stereocenters. The second-order valence-corrected chi connectivity index (χ2v) is 6.12. The van der Waals surface area contributed by atoms with Crippen LogP contribution in [-0.2, 0) is 0 Å². The number of carbonyl (C=O) groups is 1. The Morgan fingerprint density at radius 2 is 1.90 bits per heavy atom. The zero-order valence-electron chi connectivity index (χ0n) is 12.6. The van der Waals surface area contributed by atoms with Crippen LogP contribution >= 0.6 is 15.9 Å². The lowest BCUT2D eigenvalue weighted by Gasteiger charge is -2.36. The number of nitrogens with zero attached hydrogens (tertiary/aromatic N) is 1. The minimum absolute atomic E-state index is 0.0153. The third kappa shape index (κ3) is 3.32. The standard InChI is InChI=1S/C15H21BrN2O3/c1-9-6-11(17)4-5-18(9)15(19)10-7-12(20-2)14(16)13(8-10)21-3/h7-9,11H,4-6,17H2,1-3H3/t9-,11+/m1/s1. The molecule has 2 N–H and O–H groups in total. The quantitative estimate of drug-likeness (QED) is 0.902. The number of nitrogens with two attached hydrogens (primary N) is 1. The van der Waals surface area contributed by atoms with E-state index in [2.05, 4.69) is 15.9 Å². The maximum atomic E-state index is 12.7. The van der Waals surface area contributed by atoms with Gasteiger partial charge in [-0.25, -0.2) is 0 Å². The summed E-state index contributed by atoms with van der Waals surface area (Å²) in [7, 11) is 3.13. The lowest BCUT2D eigenvalue weighted by Crippen LogP contribution is -2.48. The molecule has 1 aliphatic heterocycles. The molecule has 1 aromatic carbocycles. The molecule has 1 heterocycles. The maximum absolute atomic E-state index is 12.7. The summed E-state index contributed by atoms with van der Waals surface area (Å²) >= 11 is 3.41. The molecule has 0 bridgehead atoms.